The second-order valence-electron chi connectivity index (χ2n) is 7.74. The number of para-hydroxylation sites is 1. The van der Waals surface area contributed by atoms with Crippen LogP contribution in [0.15, 0.2) is 58.3 Å². The highest BCUT2D eigenvalue weighted by Crippen LogP contribution is 2.43. The summed E-state index contributed by atoms with van der Waals surface area (Å²) in [6.07, 6.45) is 1.42. The van der Waals surface area contributed by atoms with Gasteiger partial charge in [0, 0.05) is 40.5 Å². The van der Waals surface area contributed by atoms with Crippen LogP contribution in [-0.4, -0.2) is 48.3 Å². The minimum Gasteiger partial charge on any atom is -0.485 e. The van der Waals surface area contributed by atoms with Crippen molar-refractivity contribution in [1.82, 2.24) is 14.8 Å². The summed E-state index contributed by atoms with van der Waals surface area (Å²) in [4.78, 5) is 5.18. The van der Waals surface area contributed by atoms with E-state index in [1.807, 2.05) is 11.8 Å². The molecule has 28 heavy (non-hydrogen) atoms. The van der Waals surface area contributed by atoms with Gasteiger partial charge in [0.2, 0.25) is 0 Å². The van der Waals surface area contributed by atoms with Gasteiger partial charge in [-0.1, -0.05) is 42.1 Å². The number of nitrogens with zero attached hydrogens (tertiary/aromatic N) is 2. The molecule has 0 saturated carbocycles. The molecule has 4 nitrogen and oxygen atoms in total. The first-order valence-corrected chi connectivity index (χ1v) is 11.1. The molecule has 0 radical (unpaired) electrons. The Labute approximate surface area is 170 Å². The molecule has 5 rings (SSSR count). The summed E-state index contributed by atoms with van der Waals surface area (Å²) in [6, 6.07) is 17.2. The van der Waals surface area contributed by atoms with E-state index in [4.69, 9.17) is 4.74 Å². The topological polar surface area (TPSA) is 29.4 Å². The van der Waals surface area contributed by atoms with Crippen LogP contribution in [0.5, 0.6) is 5.75 Å². The molecule has 5 heteroatoms. The quantitative estimate of drug-likeness (QED) is 0.721. The van der Waals surface area contributed by atoms with Gasteiger partial charge in [0.1, 0.15) is 11.9 Å². The van der Waals surface area contributed by atoms with Crippen LogP contribution < -0.4 is 10.1 Å². The molecule has 2 aromatic carbocycles. The predicted molar refractivity (Wildman–Crippen MR) is 116 cm³/mol. The van der Waals surface area contributed by atoms with Gasteiger partial charge >= 0.3 is 0 Å². The van der Waals surface area contributed by atoms with Crippen LogP contribution in [0.4, 0.5) is 0 Å². The highest BCUT2D eigenvalue weighted by Gasteiger charge is 2.28. The lowest BCUT2D eigenvalue weighted by Crippen LogP contribution is -2.41. The molecule has 146 valence electrons. The molecule has 2 aliphatic heterocycles. The second-order valence-corrected chi connectivity index (χ2v) is 8.82. The van der Waals surface area contributed by atoms with Crippen LogP contribution in [0.1, 0.15) is 12.1 Å². The Bertz CT molecular complexity index is 961. The molecule has 1 atom stereocenters. The molecule has 2 aliphatic rings. The Morgan fingerprint density at radius 1 is 1.07 bits per heavy atom. The molecule has 1 saturated heterocycles. The summed E-state index contributed by atoms with van der Waals surface area (Å²) in [5.41, 5.74) is 2.61. The van der Waals surface area contributed by atoms with Crippen molar-refractivity contribution in [3.63, 3.8) is 0 Å². The highest BCUT2D eigenvalue weighted by molar-refractivity contribution is 7.99. The van der Waals surface area contributed by atoms with Gasteiger partial charge < -0.3 is 14.6 Å². The molecule has 0 amide bonds. The van der Waals surface area contributed by atoms with Crippen LogP contribution in [0.2, 0.25) is 0 Å². The Morgan fingerprint density at radius 2 is 1.96 bits per heavy atom. The Kier molecular flexibility index (Phi) is 5.05. The van der Waals surface area contributed by atoms with E-state index in [2.05, 4.69) is 70.2 Å². The van der Waals surface area contributed by atoms with E-state index in [9.17, 15) is 0 Å². The third-order valence-corrected chi connectivity index (χ3v) is 7.01. The van der Waals surface area contributed by atoms with Gasteiger partial charge in [-0.2, -0.15) is 0 Å². The predicted octanol–water partition coefficient (Wildman–Crippen LogP) is 4.16. The Morgan fingerprint density at radius 3 is 2.86 bits per heavy atom. The van der Waals surface area contributed by atoms with Crippen molar-refractivity contribution in [2.45, 2.75) is 35.8 Å². The number of hydrogen-bond donors (Lipinski definition) is 1. The minimum atomic E-state index is 0.205. The van der Waals surface area contributed by atoms with E-state index in [-0.39, 0.29) is 6.10 Å². The monoisotopic (exact) mass is 393 g/mol. The summed E-state index contributed by atoms with van der Waals surface area (Å²) < 4.78 is 8.96. The van der Waals surface area contributed by atoms with Crippen LogP contribution in [0.25, 0.3) is 10.9 Å². The lowest BCUT2D eigenvalue weighted by Gasteiger charge is -2.31. The van der Waals surface area contributed by atoms with Gasteiger partial charge in [0.25, 0.3) is 0 Å². The molecule has 3 heterocycles. The van der Waals surface area contributed by atoms with Crippen molar-refractivity contribution in [3.05, 3.63) is 54.2 Å². The zero-order chi connectivity index (χ0) is 18.9. The van der Waals surface area contributed by atoms with Gasteiger partial charge in [-0.15, -0.1) is 0 Å². The zero-order valence-corrected chi connectivity index (χ0v) is 17.2. The number of rotatable bonds is 4. The lowest BCUT2D eigenvalue weighted by molar-refractivity contribution is 0.115. The van der Waals surface area contributed by atoms with Gasteiger partial charge in [-0.3, -0.25) is 4.90 Å². The summed E-state index contributed by atoms with van der Waals surface area (Å²) in [6.45, 7) is 8.65. The first-order valence-electron chi connectivity index (χ1n) is 10.2. The number of aromatic nitrogens is 1. The van der Waals surface area contributed by atoms with E-state index in [1.54, 1.807) is 0 Å². The van der Waals surface area contributed by atoms with E-state index in [0.717, 1.165) is 45.0 Å². The highest BCUT2D eigenvalue weighted by atomic mass is 32.2. The standard InChI is InChI=1S/C23H27N3OS/c1-17-23(28-19-7-3-2-4-8-19)20-9-5-10-21-22(20)26(17)16-18(27-21)15-25-13-6-11-24-12-14-25/h2-5,7-10,18,24H,6,11-16H2,1H3. The minimum absolute atomic E-state index is 0.205. The lowest BCUT2D eigenvalue weighted by atomic mass is 10.2. The SMILES string of the molecule is Cc1c(Sc2ccccc2)c2cccc3c2n1CC(CN1CCCNCC1)O3. The molecule has 1 fully saturated rings. The fourth-order valence-electron chi connectivity index (χ4n) is 4.42. The van der Waals surface area contributed by atoms with E-state index < -0.39 is 0 Å². The normalized spacial score (nSPS) is 20.1. The summed E-state index contributed by atoms with van der Waals surface area (Å²) in [5.74, 6) is 1.03. The maximum atomic E-state index is 6.47. The van der Waals surface area contributed by atoms with Crippen LogP contribution in [0, 0.1) is 6.92 Å². The molecular formula is C23H27N3OS. The third kappa shape index (κ3) is 3.43. The summed E-state index contributed by atoms with van der Waals surface area (Å²) in [5, 5.41) is 4.80. The maximum absolute atomic E-state index is 6.47. The number of nitrogens with one attached hydrogen (secondary N) is 1. The maximum Gasteiger partial charge on any atom is 0.144 e. The van der Waals surface area contributed by atoms with Gasteiger partial charge in [0.05, 0.1) is 12.1 Å². The van der Waals surface area contributed by atoms with E-state index in [1.165, 1.54) is 32.8 Å². The number of ether oxygens (including phenoxy) is 1. The number of benzene rings is 2. The van der Waals surface area contributed by atoms with Crippen LogP contribution in [-0.2, 0) is 6.54 Å². The molecule has 3 aromatic rings. The largest absolute Gasteiger partial charge is 0.485 e. The Hall–Kier alpha value is -1.95. The van der Waals surface area contributed by atoms with Crippen LogP contribution >= 0.6 is 11.8 Å². The molecule has 0 bridgehead atoms. The summed E-state index contributed by atoms with van der Waals surface area (Å²) >= 11 is 1.86. The van der Waals surface area contributed by atoms with Crippen molar-refractivity contribution in [1.29, 1.82) is 0 Å². The van der Waals surface area contributed by atoms with Crippen molar-refractivity contribution in [3.8, 4) is 5.75 Å². The fraction of sp³-hybridized carbons (Fsp3) is 0.391. The van der Waals surface area contributed by atoms with Gasteiger partial charge in [-0.05, 0) is 44.6 Å². The van der Waals surface area contributed by atoms with Gasteiger partial charge in [0.15, 0.2) is 0 Å². The molecule has 1 aromatic heterocycles. The first-order chi connectivity index (χ1) is 13.8. The van der Waals surface area contributed by atoms with Crippen molar-refractivity contribution >= 4 is 22.7 Å². The van der Waals surface area contributed by atoms with Crippen molar-refractivity contribution < 1.29 is 4.74 Å². The Balaban J connectivity index is 1.45. The second kappa shape index (κ2) is 7.82. The fourth-order valence-corrected chi connectivity index (χ4v) is 5.48. The average Bonchev–Trinajstić information content (AvgIpc) is 2.89. The van der Waals surface area contributed by atoms with Gasteiger partial charge in [-0.25, -0.2) is 0 Å². The van der Waals surface area contributed by atoms with Crippen molar-refractivity contribution in [2.24, 2.45) is 0 Å². The third-order valence-electron chi connectivity index (χ3n) is 5.78. The summed E-state index contributed by atoms with van der Waals surface area (Å²) in [7, 11) is 0. The van der Waals surface area contributed by atoms with E-state index in [0.29, 0.717) is 0 Å². The number of hydrogen-bond acceptors (Lipinski definition) is 4. The average molecular weight is 394 g/mol. The molecule has 0 spiro atoms. The van der Waals surface area contributed by atoms with Crippen LogP contribution in [0.3, 0.4) is 0 Å². The van der Waals surface area contributed by atoms with E-state index >= 15 is 0 Å². The molecule has 0 aliphatic carbocycles. The first kappa shape index (κ1) is 18.1. The molecule has 1 N–H and O–H groups in total. The molecular weight excluding hydrogens is 366 g/mol. The molecule has 1 unspecified atom stereocenters. The van der Waals surface area contributed by atoms with Crippen molar-refractivity contribution in [2.75, 3.05) is 32.7 Å². The smallest absolute Gasteiger partial charge is 0.144 e. The zero-order valence-electron chi connectivity index (χ0n) is 16.4.